The van der Waals surface area contributed by atoms with Gasteiger partial charge in [0.15, 0.2) is 5.17 Å². The van der Waals surface area contributed by atoms with Crippen LogP contribution in [0.2, 0.25) is 0 Å². The molecule has 1 aliphatic rings. The maximum atomic E-state index is 12.1. The number of carbonyl (C=O) groups is 1. The fraction of sp³-hybridized carbons (Fsp3) is 0.167. The number of hydrogen-bond donors (Lipinski definition) is 1. The lowest BCUT2D eigenvalue weighted by molar-refractivity contribution is -0.118. The highest BCUT2D eigenvalue weighted by Gasteiger charge is 2.30. The molecule has 0 saturated carbocycles. The number of benzene rings is 2. The lowest BCUT2D eigenvalue weighted by Gasteiger charge is -2.05. The summed E-state index contributed by atoms with van der Waals surface area (Å²) in [5.41, 5.74) is 2.95. The van der Waals surface area contributed by atoms with Gasteiger partial charge in [-0.2, -0.15) is 5.10 Å². The van der Waals surface area contributed by atoms with Crippen molar-refractivity contribution in [1.29, 1.82) is 0 Å². The SMILES string of the molecule is C/C(=N/N=C1/NC(=O)[C@H](Cc2ccc(Br)cc2)S1)c1ccccc1. The van der Waals surface area contributed by atoms with E-state index in [-0.39, 0.29) is 11.2 Å². The van der Waals surface area contributed by atoms with Gasteiger partial charge in [0.1, 0.15) is 0 Å². The highest BCUT2D eigenvalue weighted by molar-refractivity contribution is 9.10. The molecule has 1 N–H and O–H groups in total. The predicted octanol–water partition coefficient (Wildman–Crippen LogP) is 4.00. The standard InChI is InChI=1S/C18H16BrN3OS/c1-12(14-5-3-2-4-6-14)21-22-18-20-17(23)16(24-18)11-13-7-9-15(19)10-8-13/h2-10,16H,11H2,1H3,(H,20,22,23)/b21-12-/t16-/m0/s1. The van der Waals surface area contributed by atoms with Crippen LogP contribution in [0.25, 0.3) is 0 Å². The van der Waals surface area contributed by atoms with E-state index in [2.05, 4.69) is 31.4 Å². The zero-order valence-corrected chi connectivity index (χ0v) is 15.5. The lowest BCUT2D eigenvalue weighted by Crippen LogP contribution is -2.25. The molecule has 1 saturated heterocycles. The first-order chi connectivity index (χ1) is 11.6. The highest BCUT2D eigenvalue weighted by atomic mass is 79.9. The van der Waals surface area contributed by atoms with Crippen molar-refractivity contribution in [2.24, 2.45) is 10.2 Å². The van der Waals surface area contributed by atoms with Gasteiger partial charge >= 0.3 is 0 Å². The summed E-state index contributed by atoms with van der Waals surface area (Å²) in [4.78, 5) is 12.1. The molecule has 122 valence electrons. The van der Waals surface area contributed by atoms with E-state index in [9.17, 15) is 4.79 Å². The normalized spacial score (nSPS) is 19.6. The van der Waals surface area contributed by atoms with Crippen LogP contribution in [-0.4, -0.2) is 22.0 Å². The van der Waals surface area contributed by atoms with Gasteiger partial charge in [0.25, 0.3) is 0 Å². The predicted molar refractivity (Wildman–Crippen MR) is 103 cm³/mol. The number of thioether (sulfide) groups is 1. The molecule has 1 amide bonds. The smallest absolute Gasteiger partial charge is 0.239 e. The average molecular weight is 402 g/mol. The van der Waals surface area contributed by atoms with Gasteiger partial charge < -0.3 is 5.32 Å². The van der Waals surface area contributed by atoms with E-state index in [0.29, 0.717) is 11.6 Å². The maximum absolute atomic E-state index is 12.1. The quantitative estimate of drug-likeness (QED) is 0.621. The van der Waals surface area contributed by atoms with Crippen LogP contribution >= 0.6 is 27.7 Å². The molecule has 6 heteroatoms. The van der Waals surface area contributed by atoms with Crippen LogP contribution in [0, 0.1) is 0 Å². The Kier molecular flexibility index (Phi) is 5.48. The summed E-state index contributed by atoms with van der Waals surface area (Å²) < 4.78 is 1.03. The van der Waals surface area contributed by atoms with Gasteiger partial charge in [0, 0.05) is 4.47 Å². The van der Waals surface area contributed by atoms with E-state index in [1.165, 1.54) is 11.8 Å². The van der Waals surface area contributed by atoms with E-state index < -0.39 is 0 Å². The number of amides is 1. The molecule has 1 heterocycles. The molecular formula is C18H16BrN3OS. The second-order valence-corrected chi connectivity index (χ2v) is 7.49. The van der Waals surface area contributed by atoms with E-state index in [0.717, 1.165) is 21.3 Å². The second kappa shape index (κ2) is 7.77. The number of rotatable bonds is 4. The van der Waals surface area contributed by atoms with Crippen molar-refractivity contribution >= 4 is 44.5 Å². The van der Waals surface area contributed by atoms with Crippen molar-refractivity contribution in [2.45, 2.75) is 18.6 Å². The number of carbonyl (C=O) groups excluding carboxylic acids is 1. The molecule has 0 radical (unpaired) electrons. The summed E-state index contributed by atoms with van der Waals surface area (Å²) in [6.45, 7) is 1.90. The third-order valence-corrected chi connectivity index (χ3v) is 5.19. The Hall–Kier alpha value is -1.92. The fourth-order valence-corrected chi connectivity index (χ4v) is 3.50. The first-order valence-electron chi connectivity index (χ1n) is 7.51. The Labute approximate surface area is 153 Å². The first kappa shape index (κ1) is 16.9. The molecule has 2 aromatic rings. The summed E-state index contributed by atoms with van der Waals surface area (Å²) in [7, 11) is 0. The number of amidine groups is 1. The molecule has 0 aliphatic carbocycles. The minimum absolute atomic E-state index is 0.0192. The molecule has 0 aromatic heterocycles. The number of halogens is 1. The summed E-state index contributed by atoms with van der Waals surface area (Å²) in [6.07, 6.45) is 0.671. The second-order valence-electron chi connectivity index (χ2n) is 5.38. The van der Waals surface area contributed by atoms with Gasteiger partial charge in [-0.3, -0.25) is 4.79 Å². The summed E-state index contributed by atoms with van der Waals surface area (Å²) in [5, 5.41) is 11.6. The van der Waals surface area contributed by atoms with Gasteiger partial charge in [0.05, 0.1) is 11.0 Å². The molecule has 0 unspecified atom stereocenters. The molecule has 1 fully saturated rings. The summed E-state index contributed by atoms with van der Waals surface area (Å²) in [6, 6.07) is 17.8. The summed E-state index contributed by atoms with van der Waals surface area (Å²) >= 11 is 4.84. The summed E-state index contributed by atoms with van der Waals surface area (Å²) in [5.74, 6) is -0.0192. The van der Waals surface area contributed by atoms with Crippen LogP contribution in [0.15, 0.2) is 69.3 Å². The van der Waals surface area contributed by atoms with Crippen molar-refractivity contribution in [3.63, 3.8) is 0 Å². The Bertz CT molecular complexity index is 788. The third kappa shape index (κ3) is 4.33. The van der Waals surface area contributed by atoms with Crippen LogP contribution in [0.5, 0.6) is 0 Å². The Morgan fingerprint density at radius 1 is 1.17 bits per heavy atom. The lowest BCUT2D eigenvalue weighted by atomic mass is 10.1. The fourth-order valence-electron chi connectivity index (χ4n) is 2.28. The van der Waals surface area contributed by atoms with Crippen molar-refractivity contribution in [2.75, 3.05) is 0 Å². The topological polar surface area (TPSA) is 53.8 Å². The zero-order chi connectivity index (χ0) is 16.9. The molecule has 2 aromatic carbocycles. The van der Waals surface area contributed by atoms with Crippen molar-refractivity contribution in [1.82, 2.24) is 5.32 Å². The largest absolute Gasteiger partial charge is 0.303 e. The van der Waals surface area contributed by atoms with Crippen LogP contribution in [0.3, 0.4) is 0 Å². The molecule has 1 aliphatic heterocycles. The van der Waals surface area contributed by atoms with Crippen LogP contribution in [0.4, 0.5) is 0 Å². The monoisotopic (exact) mass is 401 g/mol. The Morgan fingerprint density at radius 2 is 1.88 bits per heavy atom. The van der Waals surface area contributed by atoms with Crippen molar-refractivity contribution in [3.8, 4) is 0 Å². The van der Waals surface area contributed by atoms with E-state index in [1.54, 1.807) is 0 Å². The Morgan fingerprint density at radius 3 is 2.58 bits per heavy atom. The van der Waals surface area contributed by atoms with Gasteiger partial charge in [-0.25, -0.2) is 0 Å². The highest BCUT2D eigenvalue weighted by Crippen LogP contribution is 2.24. The molecule has 3 rings (SSSR count). The minimum atomic E-state index is -0.169. The van der Waals surface area contributed by atoms with Crippen LogP contribution in [0.1, 0.15) is 18.1 Å². The first-order valence-corrected chi connectivity index (χ1v) is 9.19. The Balaban J connectivity index is 1.67. The van der Waals surface area contributed by atoms with Crippen LogP contribution in [-0.2, 0) is 11.2 Å². The van der Waals surface area contributed by atoms with Gasteiger partial charge in [0.2, 0.25) is 5.91 Å². The third-order valence-electron chi connectivity index (χ3n) is 3.59. The zero-order valence-electron chi connectivity index (χ0n) is 13.1. The maximum Gasteiger partial charge on any atom is 0.239 e. The van der Waals surface area contributed by atoms with Gasteiger partial charge in [-0.15, -0.1) is 5.10 Å². The molecular weight excluding hydrogens is 386 g/mol. The van der Waals surface area contributed by atoms with E-state index >= 15 is 0 Å². The molecule has 0 bridgehead atoms. The van der Waals surface area contributed by atoms with E-state index in [1.807, 2.05) is 61.5 Å². The molecule has 4 nitrogen and oxygen atoms in total. The molecule has 24 heavy (non-hydrogen) atoms. The van der Waals surface area contributed by atoms with Gasteiger partial charge in [-0.05, 0) is 36.6 Å². The van der Waals surface area contributed by atoms with Crippen molar-refractivity contribution in [3.05, 3.63) is 70.2 Å². The average Bonchev–Trinajstić information content (AvgIpc) is 2.95. The van der Waals surface area contributed by atoms with Crippen molar-refractivity contribution < 1.29 is 4.79 Å². The number of hydrogen-bond acceptors (Lipinski definition) is 4. The number of nitrogens with zero attached hydrogens (tertiary/aromatic N) is 2. The minimum Gasteiger partial charge on any atom is -0.303 e. The van der Waals surface area contributed by atoms with Crippen LogP contribution < -0.4 is 5.32 Å². The molecule has 0 spiro atoms. The van der Waals surface area contributed by atoms with E-state index in [4.69, 9.17) is 0 Å². The number of nitrogens with one attached hydrogen (secondary N) is 1. The molecule has 1 atom stereocenters. The van der Waals surface area contributed by atoms with Gasteiger partial charge in [-0.1, -0.05) is 70.2 Å².